The standard InChI is InChI=1S/C9H16N2O3S/c1-7-9(8(2)11(3)10-7)5-6-14-15(4,12)13/h5-6H2,1-4H3. The molecule has 0 aromatic carbocycles. The third-order valence-electron chi connectivity index (χ3n) is 2.31. The Morgan fingerprint density at radius 3 is 2.40 bits per heavy atom. The van der Waals surface area contributed by atoms with Crippen molar-refractivity contribution < 1.29 is 12.6 Å². The van der Waals surface area contributed by atoms with Crippen LogP contribution in [-0.4, -0.2) is 31.1 Å². The Morgan fingerprint density at radius 1 is 1.40 bits per heavy atom. The molecule has 0 saturated carbocycles. The molecule has 0 aliphatic rings. The van der Waals surface area contributed by atoms with Crippen LogP contribution in [0.4, 0.5) is 0 Å². The topological polar surface area (TPSA) is 61.2 Å². The first-order chi connectivity index (χ1) is 6.81. The molecule has 1 aromatic rings. The second-order valence-electron chi connectivity index (χ2n) is 3.55. The van der Waals surface area contributed by atoms with Gasteiger partial charge < -0.3 is 0 Å². The van der Waals surface area contributed by atoms with Crippen molar-refractivity contribution in [3.8, 4) is 0 Å². The number of aromatic nitrogens is 2. The smallest absolute Gasteiger partial charge is 0.264 e. The lowest BCUT2D eigenvalue weighted by atomic mass is 10.1. The molecular weight excluding hydrogens is 216 g/mol. The fraction of sp³-hybridized carbons (Fsp3) is 0.667. The Labute approximate surface area is 90.2 Å². The van der Waals surface area contributed by atoms with E-state index in [1.807, 2.05) is 20.9 Å². The molecule has 0 radical (unpaired) electrons. The molecular formula is C9H16N2O3S. The largest absolute Gasteiger partial charge is 0.272 e. The van der Waals surface area contributed by atoms with Crippen molar-refractivity contribution in [3.63, 3.8) is 0 Å². The fourth-order valence-corrected chi connectivity index (χ4v) is 1.86. The van der Waals surface area contributed by atoms with Gasteiger partial charge in [-0.3, -0.25) is 8.86 Å². The second kappa shape index (κ2) is 4.32. The Hall–Kier alpha value is -0.880. The van der Waals surface area contributed by atoms with E-state index in [0.717, 1.165) is 23.2 Å². The van der Waals surface area contributed by atoms with Crippen molar-refractivity contribution in [1.82, 2.24) is 9.78 Å². The highest BCUT2D eigenvalue weighted by atomic mass is 32.2. The zero-order valence-corrected chi connectivity index (χ0v) is 10.3. The molecule has 1 rings (SSSR count). The molecule has 1 aromatic heterocycles. The van der Waals surface area contributed by atoms with Gasteiger partial charge in [0.25, 0.3) is 10.1 Å². The van der Waals surface area contributed by atoms with Crippen LogP contribution in [0.1, 0.15) is 17.0 Å². The van der Waals surface area contributed by atoms with Crippen molar-refractivity contribution in [2.45, 2.75) is 20.3 Å². The number of hydrogen-bond donors (Lipinski definition) is 0. The van der Waals surface area contributed by atoms with E-state index in [1.54, 1.807) is 4.68 Å². The molecule has 0 unspecified atom stereocenters. The maximum Gasteiger partial charge on any atom is 0.264 e. The van der Waals surface area contributed by atoms with Gasteiger partial charge in [-0.2, -0.15) is 13.5 Å². The van der Waals surface area contributed by atoms with Crippen LogP contribution < -0.4 is 0 Å². The lowest BCUT2D eigenvalue weighted by molar-refractivity contribution is 0.325. The highest BCUT2D eigenvalue weighted by Gasteiger charge is 2.10. The predicted molar refractivity (Wildman–Crippen MR) is 57.2 cm³/mol. The third-order valence-corrected chi connectivity index (χ3v) is 2.90. The lowest BCUT2D eigenvalue weighted by Crippen LogP contribution is -2.07. The van der Waals surface area contributed by atoms with Crippen LogP contribution in [0.2, 0.25) is 0 Å². The number of nitrogens with zero attached hydrogens (tertiary/aromatic N) is 2. The Morgan fingerprint density at radius 2 is 2.00 bits per heavy atom. The first kappa shape index (κ1) is 12.2. The SMILES string of the molecule is Cc1nn(C)c(C)c1CCOS(C)(=O)=O. The fourth-order valence-electron chi connectivity index (χ4n) is 1.47. The summed E-state index contributed by atoms with van der Waals surface area (Å²) >= 11 is 0. The van der Waals surface area contributed by atoms with Crippen LogP contribution in [0, 0.1) is 13.8 Å². The highest BCUT2D eigenvalue weighted by molar-refractivity contribution is 7.85. The average molecular weight is 232 g/mol. The summed E-state index contributed by atoms with van der Waals surface area (Å²) in [5, 5.41) is 4.24. The molecule has 0 spiro atoms. The minimum atomic E-state index is -3.34. The number of aryl methyl sites for hydroxylation is 2. The molecule has 0 N–H and O–H groups in total. The highest BCUT2D eigenvalue weighted by Crippen LogP contribution is 2.12. The van der Waals surface area contributed by atoms with Gasteiger partial charge in [0, 0.05) is 19.2 Å². The molecule has 5 nitrogen and oxygen atoms in total. The summed E-state index contributed by atoms with van der Waals surface area (Å²) in [5.74, 6) is 0. The van der Waals surface area contributed by atoms with Gasteiger partial charge in [0.15, 0.2) is 0 Å². The van der Waals surface area contributed by atoms with E-state index in [-0.39, 0.29) is 6.61 Å². The predicted octanol–water partition coefficient (Wildman–Crippen LogP) is 0.556. The van der Waals surface area contributed by atoms with Gasteiger partial charge in [-0.15, -0.1) is 0 Å². The van der Waals surface area contributed by atoms with E-state index < -0.39 is 10.1 Å². The van der Waals surface area contributed by atoms with Gasteiger partial charge in [0.1, 0.15) is 0 Å². The maximum absolute atomic E-state index is 10.8. The quantitative estimate of drug-likeness (QED) is 0.711. The normalized spacial score (nSPS) is 12.0. The van der Waals surface area contributed by atoms with E-state index in [4.69, 9.17) is 0 Å². The Balaban J connectivity index is 2.66. The zero-order valence-electron chi connectivity index (χ0n) is 9.44. The third kappa shape index (κ3) is 3.32. The van der Waals surface area contributed by atoms with Gasteiger partial charge in [-0.1, -0.05) is 0 Å². The summed E-state index contributed by atoms with van der Waals surface area (Å²) in [7, 11) is -1.48. The zero-order chi connectivity index (χ0) is 11.6. The molecule has 0 amide bonds. The van der Waals surface area contributed by atoms with E-state index in [2.05, 4.69) is 9.28 Å². The molecule has 15 heavy (non-hydrogen) atoms. The van der Waals surface area contributed by atoms with Crippen LogP contribution in [0.5, 0.6) is 0 Å². The Kier molecular flexibility index (Phi) is 3.51. The van der Waals surface area contributed by atoms with Crippen molar-refractivity contribution in [1.29, 1.82) is 0 Å². The summed E-state index contributed by atoms with van der Waals surface area (Å²) in [5.41, 5.74) is 3.03. The van der Waals surface area contributed by atoms with E-state index in [9.17, 15) is 8.42 Å². The van der Waals surface area contributed by atoms with E-state index in [1.165, 1.54) is 0 Å². The van der Waals surface area contributed by atoms with E-state index >= 15 is 0 Å². The molecule has 6 heteroatoms. The molecule has 0 saturated heterocycles. The molecule has 1 heterocycles. The molecule has 86 valence electrons. The minimum absolute atomic E-state index is 0.173. The van der Waals surface area contributed by atoms with Crippen LogP contribution in [0.15, 0.2) is 0 Å². The van der Waals surface area contributed by atoms with Gasteiger partial charge in [0.05, 0.1) is 18.6 Å². The number of rotatable bonds is 4. The van der Waals surface area contributed by atoms with E-state index in [0.29, 0.717) is 6.42 Å². The van der Waals surface area contributed by atoms with Crippen molar-refractivity contribution in [3.05, 3.63) is 17.0 Å². The summed E-state index contributed by atoms with van der Waals surface area (Å²) in [4.78, 5) is 0. The lowest BCUT2D eigenvalue weighted by Gasteiger charge is -2.02. The van der Waals surface area contributed by atoms with Crippen LogP contribution in [0.25, 0.3) is 0 Å². The van der Waals surface area contributed by atoms with Crippen molar-refractivity contribution in [2.24, 2.45) is 7.05 Å². The van der Waals surface area contributed by atoms with Crippen LogP contribution >= 0.6 is 0 Å². The first-order valence-electron chi connectivity index (χ1n) is 4.64. The maximum atomic E-state index is 10.8. The molecule has 0 bridgehead atoms. The van der Waals surface area contributed by atoms with Gasteiger partial charge in [0.2, 0.25) is 0 Å². The first-order valence-corrected chi connectivity index (χ1v) is 6.46. The summed E-state index contributed by atoms with van der Waals surface area (Å²) in [6, 6.07) is 0. The average Bonchev–Trinajstić information content (AvgIpc) is 2.29. The summed E-state index contributed by atoms with van der Waals surface area (Å²) in [6.45, 7) is 4.03. The van der Waals surface area contributed by atoms with Gasteiger partial charge in [-0.05, 0) is 19.4 Å². The van der Waals surface area contributed by atoms with Crippen molar-refractivity contribution >= 4 is 10.1 Å². The van der Waals surface area contributed by atoms with Crippen LogP contribution in [-0.2, 0) is 27.8 Å². The van der Waals surface area contributed by atoms with Gasteiger partial charge in [-0.25, -0.2) is 0 Å². The molecule has 0 aliphatic heterocycles. The summed E-state index contributed by atoms with van der Waals surface area (Å²) < 4.78 is 28.0. The minimum Gasteiger partial charge on any atom is -0.272 e. The van der Waals surface area contributed by atoms with Gasteiger partial charge >= 0.3 is 0 Å². The molecule has 0 fully saturated rings. The van der Waals surface area contributed by atoms with Crippen molar-refractivity contribution in [2.75, 3.05) is 12.9 Å². The molecule has 0 atom stereocenters. The van der Waals surface area contributed by atoms with Crippen LogP contribution in [0.3, 0.4) is 0 Å². The number of hydrogen-bond acceptors (Lipinski definition) is 4. The second-order valence-corrected chi connectivity index (χ2v) is 5.19. The summed E-state index contributed by atoms with van der Waals surface area (Å²) in [6.07, 6.45) is 1.62. The molecule has 0 aliphatic carbocycles. The monoisotopic (exact) mass is 232 g/mol. The Bertz CT molecular complexity index is 448.